The van der Waals surface area contributed by atoms with Gasteiger partial charge in [0.15, 0.2) is 9.84 Å². The summed E-state index contributed by atoms with van der Waals surface area (Å²) in [6, 6.07) is 2.11. The first-order valence-electron chi connectivity index (χ1n) is 6.84. The standard InChI is InChI=1S/C13H22N2O3S/c1-10(2)15-7-6-11(14-15)9-12(16)13-5-3-4-8-19(13,17)18/h6-7,10,12-13,16H,3-5,8-9H2,1-2H3. The van der Waals surface area contributed by atoms with Crippen LogP contribution >= 0.6 is 0 Å². The Morgan fingerprint density at radius 2 is 2.21 bits per heavy atom. The van der Waals surface area contributed by atoms with Gasteiger partial charge in [0.2, 0.25) is 0 Å². The van der Waals surface area contributed by atoms with Crippen molar-refractivity contribution in [1.29, 1.82) is 0 Å². The number of hydrogen-bond acceptors (Lipinski definition) is 4. The Balaban J connectivity index is 2.05. The molecule has 0 aromatic carbocycles. The quantitative estimate of drug-likeness (QED) is 0.906. The highest BCUT2D eigenvalue weighted by Gasteiger charge is 2.34. The molecule has 0 spiro atoms. The number of nitrogens with zero attached hydrogens (tertiary/aromatic N) is 2. The van der Waals surface area contributed by atoms with E-state index in [2.05, 4.69) is 5.10 Å². The molecule has 1 fully saturated rings. The van der Waals surface area contributed by atoms with E-state index in [1.54, 1.807) is 0 Å². The Morgan fingerprint density at radius 1 is 1.47 bits per heavy atom. The van der Waals surface area contributed by atoms with Gasteiger partial charge in [0.1, 0.15) is 0 Å². The predicted molar refractivity (Wildman–Crippen MR) is 73.7 cm³/mol. The van der Waals surface area contributed by atoms with Crippen molar-refractivity contribution in [1.82, 2.24) is 9.78 Å². The van der Waals surface area contributed by atoms with Crippen LogP contribution < -0.4 is 0 Å². The first-order chi connectivity index (χ1) is 8.90. The minimum Gasteiger partial charge on any atom is -0.391 e. The van der Waals surface area contributed by atoms with Crippen LogP contribution in [-0.4, -0.2) is 40.4 Å². The Morgan fingerprint density at radius 3 is 2.79 bits per heavy atom. The minimum atomic E-state index is -3.14. The van der Waals surface area contributed by atoms with E-state index in [0.717, 1.165) is 12.1 Å². The average molecular weight is 286 g/mol. The molecule has 1 aromatic heterocycles. The topological polar surface area (TPSA) is 72.2 Å². The van der Waals surface area contributed by atoms with E-state index in [1.807, 2.05) is 30.8 Å². The minimum absolute atomic E-state index is 0.204. The zero-order valence-electron chi connectivity index (χ0n) is 11.5. The lowest BCUT2D eigenvalue weighted by Gasteiger charge is -2.26. The summed E-state index contributed by atoms with van der Waals surface area (Å²) in [5.74, 6) is 0.204. The van der Waals surface area contributed by atoms with Crippen molar-refractivity contribution in [2.24, 2.45) is 0 Å². The van der Waals surface area contributed by atoms with E-state index in [1.165, 1.54) is 0 Å². The number of rotatable bonds is 4. The highest BCUT2D eigenvalue weighted by molar-refractivity contribution is 7.92. The molecular weight excluding hydrogens is 264 g/mol. The maximum Gasteiger partial charge on any atom is 0.155 e. The van der Waals surface area contributed by atoms with Gasteiger partial charge in [0.25, 0.3) is 0 Å². The van der Waals surface area contributed by atoms with Gasteiger partial charge in [-0.05, 0) is 32.8 Å². The number of aliphatic hydroxyl groups excluding tert-OH is 1. The molecule has 1 saturated heterocycles. The third-order valence-corrected chi connectivity index (χ3v) is 6.00. The number of sulfone groups is 1. The Bertz CT molecular complexity index is 522. The summed E-state index contributed by atoms with van der Waals surface area (Å²) in [6.45, 7) is 4.05. The van der Waals surface area contributed by atoms with Gasteiger partial charge in [-0.1, -0.05) is 6.42 Å². The molecule has 2 rings (SSSR count). The van der Waals surface area contributed by atoms with Crippen LogP contribution in [0.4, 0.5) is 0 Å². The molecule has 1 aliphatic heterocycles. The van der Waals surface area contributed by atoms with Crippen molar-refractivity contribution >= 4 is 9.84 Å². The second kappa shape index (κ2) is 5.63. The van der Waals surface area contributed by atoms with Gasteiger partial charge in [0, 0.05) is 18.7 Å². The molecule has 0 amide bonds. The summed E-state index contributed by atoms with van der Waals surface area (Å²) in [6.07, 6.45) is 3.48. The maximum absolute atomic E-state index is 11.9. The molecule has 0 radical (unpaired) electrons. The van der Waals surface area contributed by atoms with Crippen molar-refractivity contribution in [3.05, 3.63) is 18.0 Å². The maximum atomic E-state index is 11.9. The smallest absolute Gasteiger partial charge is 0.155 e. The average Bonchev–Trinajstić information content (AvgIpc) is 2.76. The lowest BCUT2D eigenvalue weighted by atomic mass is 10.1. The Hall–Kier alpha value is -0.880. The van der Waals surface area contributed by atoms with E-state index < -0.39 is 21.2 Å². The fraction of sp³-hybridized carbons (Fsp3) is 0.769. The van der Waals surface area contributed by atoms with Crippen LogP contribution in [0.1, 0.15) is 44.8 Å². The Kier molecular flexibility index (Phi) is 4.30. The number of hydrogen-bond donors (Lipinski definition) is 1. The molecule has 5 nitrogen and oxygen atoms in total. The lowest BCUT2D eigenvalue weighted by molar-refractivity contribution is 0.160. The van der Waals surface area contributed by atoms with E-state index in [4.69, 9.17) is 0 Å². The fourth-order valence-corrected chi connectivity index (χ4v) is 4.54. The summed E-state index contributed by atoms with van der Waals surface area (Å²) >= 11 is 0. The SMILES string of the molecule is CC(C)n1ccc(CC(O)C2CCCCS2(=O)=O)n1. The van der Waals surface area contributed by atoms with Crippen LogP contribution in [0.25, 0.3) is 0 Å². The van der Waals surface area contributed by atoms with Gasteiger partial charge >= 0.3 is 0 Å². The van der Waals surface area contributed by atoms with E-state index in [-0.39, 0.29) is 11.8 Å². The molecule has 1 N–H and O–H groups in total. The van der Waals surface area contributed by atoms with Gasteiger partial charge in [-0.25, -0.2) is 8.42 Å². The molecule has 19 heavy (non-hydrogen) atoms. The van der Waals surface area contributed by atoms with Gasteiger partial charge in [-0.3, -0.25) is 4.68 Å². The molecule has 2 unspecified atom stereocenters. The van der Waals surface area contributed by atoms with Crippen LogP contribution in [0.15, 0.2) is 12.3 Å². The normalized spacial score (nSPS) is 24.5. The summed E-state index contributed by atoms with van der Waals surface area (Å²) in [5.41, 5.74) is 0.752. The van der Waals surface area contributed by atoms with E-state index in [0.29, 0.717) is 19.3 Å². The van der Waals surface area contributed by atoms with Crippen molar-refractivity contribution < 1.29 is 13.5 Å². The van der Waals surface area contributed by atoms with Gasteiger partial charge in [-0.2, -0.15) is 5.10 Å². The van der Waals surface area contributed by atoms with E-state index in [9.17, 15) is 13.5 Å². The lowest BCUT2D eigenvalue weighted by Crippen LogP contribution is -2.39. The number of aromatic nitrogens is 2. The molecule has 1 aliphatic rings. The summed E-state index contributed by atoms with van der Waals surface area (Å²) in [4.78, 5) is 0. The molecule has 1 aromatic rings. The third kappa shape index (κ3) is 3.36. The van der Waals surface area contributed by atoms with Crippen LogP contribution in [0, 0.1) is 0 Å². The monoisotopic (exact) mass is 286 g/mol. The highest BCUT2D eigenvalue weighted by Crippen LogP contribution is 2.24. The third-order valence-electron chi connectivity index (χ3n) is 3.67. The van der Waals surface area contributed by atoms with Crippen LogP contribution in [-0.2, 0) is 16.3 Å². The molecule has 2 heterocycles. The molecular formula is C13H22N2O3S. The zero-order valence-corrected chi connectivity index (χ0v) is 12.3. The summed E-state index contributed by atoms with van der Waals surface area (Å²) < 4.78 is 25.7. The van der Waals surface area contributed by atoms with Crippen molar-refractivity contribution in [2.45, 2.75) is 56.9 Å². The highest BCUT2D eigenvalue weighted by atomic mass is 32.2. The number of aliphatic hydroxyl groups is 1. The first kappa shape index (κ1) is 14.5. The van der Waals surface area contributed by atoms with Gasteiger partial charge in [-0.15, -0.1) is 0 Å². The van der Waals surface area contributed by atoms with Crippen LogP contribution in [0.2, 0.25) is 0 Å². The van der Waals surface area contributed by atoms with Crippen LogP contribution in [0.3, 0.4) is 0 Å². The second-order valence-electron chi connectivity index (χ2n) is 5.55. The first-order valence-corrected chi connectivity index (χ1v) is 8.55. The zero-order chi connectivity index (χ0) is 14.0. The summed E-state index contributed by atoms with van der Waals surface area (Å²) in [5, 5.41) is 13.9. The molecule has 0 aliphatic carbocycles. The van der Waals surface area contributed by atoms with Crippen molar-refractivity contribution in [2.75, 3.05) is 5.75 Å². The predicted octanol–water partition coefficient (Wildman–Crippen LogP) is 1.33. The summed E-state index contributed by atoms with van der Waals surface area (Å²) in [7, 11) is -3.14. The van der Waals surface area contributed by atoms with E-state index >= 15 is 0 Å². The van der Waals surface area contributed by atoms with Crippen molar-refractivity contribution in [3.63, 3.8) is 0 Å². The largest absolute Gasteiger partial charge is 0.391 e. The molecule has 0 bridgehead atoms. The molecule has 108 valence electrons. The Labute approximate surface area is 114 Å². The van der Waals surface area contributed by atoms with Crippen molar-refractivity contribution in [3.8, 4) is 0 Å². The van der Waals surface area contributed by atoms with Gasteiger partial charge in [0.05, 0.1) is 22.8 Å². The molecule has 2 atom stereocenters. The van der Waals surface area contributed by atoms with Gasteiger partial charge < -0.3 is 5.11 Å². The molecule has 6 heteroatoms. The van der Waals surface area contributed by atoms with Crippen LogP contribution in [0.5, 0.6) is 0 Å². The fourth-order valence-electron chi connectivity index (χ4n) is 2.53. The second-order valence-corrected chi connectivity index (χ2v) is 7.89. The molecule has 0 saturated carbocycles.